The number of fused-ring (bicyclic) bond motifs is 1. The molecule has 3 rings (SSSR count). The molecule has 0 aromatic heterocycles. The van der Waals surface area contributed by atoms with Crippen molar-refractivity contribution in [3.8, 4) is 0 Å². The van der Waals surface area contributed by atoms with Gasteiger partial charge in [0.05, 0.1) is 15.7 Å². The first-order valence-corrected chi connectivity index (χ1v) is 11.0. The summed E-state index contributed by atoms with van der Waals surface area (Å²) in [7, 11) is -3.66. The standard InChI is InChI=1S/C17H15ClO6S2/c18-16-9(17(22)15-11(20)2-1-3-12(15)21)4-5-13-10(16)8-14(25-7-6-19)26(13,23)24/h4-6,14-15H,1-3,7-8H2. The van der Waals surface area contributed by atoms with Crippen LogP contribution in [0.2, 0.25) is 5.02 Å². The Kier molecular flexibility index (Phi) is 5.37. The number of carbonyl (C=O) groups is 4. The lowest BCUT2D eigenvalue weighted by Crippen LogP contribution is -2.35. The van der Waals surface area contributed by atoms with Crippen molar-refractivity contribution in [2.45, 2.75) is 35.2 Å². The van der Waals surface area contributed by atoms with Gasteiger partial charge in [-0.3, -0.25) is 14.4 Å². The van der Waals surface area contributed by atoms with E-state index in [0.717, 1.165) is 11.8 Å². The van der Waals surface area contributed by atoms with E-state index in [0.29, 0.717) is 18.3 Å². The van der Waals surface area contributed by atoms with Crippen molar-refractivity contribution in [1.82, 2.24) is 0 Å². The predicted octanol–water partition coefficient (Wildman–Crippen LogP) is 2.05. The van der Waals surface area contributed by atoms with E-state index in [2.05, 4.69) is 0 Å². The zero-order valence-electron chi connectivity index (χ0n) is 13.6. The Labute approximate surface area is 159 Å². The predicted molar refractivity (Wildman–Crippen MR) is 96.3 cm³/mol. The molecule has 0 saturated heterocycles. The number of ketones is 3. The highest BCUT2D eigenvalue weighted by Crippen LogP contribution is 2.42. The summed E-state index contributed by atoms with van der Waals surface area (Å²) in [6.07, 6.45) is 1.48. The molecule has 0 N–H and O–H groups in total. The molecule has 1 fully saturated rings. The molecule has 6 nitrogen and oxygen atoms in total. The minimum absolute atomic E-state index is 0.00439. The number of rotatable bonds is 5. The summed E-state index contributed by atoms with van der Waals surface area (Å²) in [4.78, 5) is 47.3. The van der Waals surface area contributed by atoms with Gasteiger partial charge in [0.2, 0.25) is 0 Å². The molecule has 9 heteroatoms. The van der Waals surface area contributed by atoms with Gasteiger partial charge in [0.1, 0.15) is 16.8 Å². The number of hydrogen-bond acceptors (Lipinski definition) is 7. The molecular weight excluding hydrogens is 400 g/mol. The molecule has 0 amide bonds. The van der Waals surface area contributed by atoms with Crippen LogP contribution in [0.3, 0.4) is 0 Å². The average molecular weight is 415 g/mol. The van der Waals surface area contributed by atoms with E-state index in [4.69, 9.17) is 11.6 Å². The van der Waals surface area contributed by atoms with Crippen molar-refractivity contribution in [1.29, 1.82) is 0 Å². The lowest BCUT2D eigenvalue weighted by atomic mass is 9.81. The van der Waals surface area contributed by atoms with Gasteiger partial charge in [-0.1, -0.05) is 11.6 Å². The normalized spacial score (nSPS) is 22.3. The number of thioether (sulfide) groups is 1. The lowest BCUT2D eigenvalue weighted by molar-refractivity contribution is -0.133. The molecule has 138 valence electrons. The van der Waals surface area contributed by atoms with Gasteiger partial charge in [-0.2, -0.15) is 0 Å². The number of hydrogen-bond donors (Lipinski definition) is 0. The summed E-state index contributed by atoms with van der Waals surface area (Å²) in [6, 6.07) is 2.56. The molecule has 1 unspecified atom stereocenters. The number of Topliss-reactive ketones (excluding diaryl/α,β-unsaturated/α-hetero) is 3. The van der Waals surface area contributed by atoms with E-state index in [-0.39, 0.29) is 40.5 Å². The highest BCUT2D eigenvalue weighted by atomic mass is 35.5. The fourth-order valence-corrected chi connectivity index (χ4v) is 7.00. The van der Waals surface area contributed by atoms with Gasteiger partial charge in [0.25, 0.3) is 0 Å². The highest BCUT2D eigenvalue weighted by molar-refractivity contribution is 8.14. The Bertz CT molecular complexity index is 905. The van der Waals surface area contributed by atoms with Crippen LogP contribution in [0.25, 0.3) is 0 Å². The van der Waals surface area contributed by atoms with Crippen molar-refractivity contribution >= 4 is 56.8 Å². The van der Waals surface area contributed by atoms with Crippen LogP contribution >= 0.6 is 23.4 Å². The third-order valence-corrected chi connectivity index (χ3v) is 8.91. The first kappa shape index (κ1) is 19.3. The Hall–Kier alpha value is -1.51. The van der Waals surface area contributed by atoms with Gasteiger partial charge in [0, 0.05) is 24.8 Å². The fourth-order valence-electron chi connectivity index (χ4n) is 3.32. The summed E-state index contributed by atoms with van der Waals surface area (Å²) in [6.45, 7) is 0. The van der Waals surface area contributed by atoms with E-state index < -0.39 is 37.7 Å². The van der Waals surface area contributed by atoms with Gasteiger partial charge in [-0.15, -0.1) is 11.8 Å². The molecule has 26 heavy (non-hydrogen) atoms. The largest absolute Gasteiger partial charge is 0.302 e. The van der Waals surface area contributed by atoms with Crippen molar-refractivity contribution in [3.05, 3.63) is 28.3 Å². The molecule has 0 spiro atoms. The summed E-state index contributed by atoms with van der Waals surface area (Å²) in [5.41, 5.74) is 0.298. The SMILES string of the molecule is O=CCSC1Cc2c(ccc(C(=O)C3C(=O)CCCC3=O)c2Cl)S1(=O)=O. The quantitative estimate of drug-likeness (QED) is 0.412. The fraction of sp³-hybridized carbons (Fsp3) is 0.412. The number of sulfone groups is 1. The maximum Gasteiger partial charge on any atom is 0.191 e. The number of aldehydes is 1. The first-order valence-electron chi connectivity index (χ1n) is 7.99. The third kappa shape index (κ3) is 3.14. The van der Waals surface area contributed by atoms with E-state index >= 15 is 0 Å². The monoisotopic (exact) mass is 414 g/mol. The summed E-state index contributed by atoms with van der Waals surface area (Å²) >= 11 is 7.30. The third-order valence-electron chi connectivity index (χ3n) is 4.59. The van der Waals surface area contributed by atoms with Crippen LogP contribution < -0.4 is 0 Å². The molecule has 1 aliphatic carbocycles. The Morgan fingerprint density at radius 2 is 1.88 bits per heavy atom. The topological polar surface area (TPSA) is 102 Å². The second-order valence-corrected chi connectivity index (χ2v) is 10.2. The van der Waals surface area contributed by atoms with Crippen LogP contribution in [-0.4, -0.2) is 42.4 Å². The van der Waals surface area contributed by atoms with Crippen LogP contribution in [0.15, 0.2) is 17.0 Å². The number of halogens is 1. The maximum atomic E-state index is 12.7. The molecule has 0 radical (unpaired) electrons. The smallest absolute Gasteiger partial charge is 0.191 e. The van der Waals surface area contributed by atoms with Crippen molar-refractivity contribution < 1.29 is 27.6 Å². The number of benzene rings is 1. The Balaban J connectivity index is 1.99. The molecule has 1 aliphatic heterocycles. The van der Waals surface area contributed by atoms with E-state index in [9.17, 15) is 27.6 Å². The average Bonchev–Trinajstić information content (AvgIpc) is 2.84. The molecule has 2 aliphatic rings. The molecule has 1 aromatic rings. The second kappa shape index (κ2) is 7.25. The van der Waals surface area contributed by atoms with Crippen LogP contribution in [-0.2, 0) is 30.6 Å². The van der Waals surface area contributed by atoms with Crippen molar-refractivity contribution in [2.75, 3.05) is 5.75 Å². The summed E-state index contributed by atoms with van der Waals surface area (Å²) in [5, 5.41) is -0.0311. The molecule has 1 saturated carbocycles. The second-order valence-electron chi connectivity index (χ2n) is 6.17. The summed E-state index contributed by atoms with van der Waals surface area (Å²) in [5.74, 6) is -2.83. The van der Waals surface area contributed by atoms with E-state index in [1.807, 2.05) is 0 Å². The van der Waals surface area contributed by atoms with Crippen LogP contribution in [0.5, 0.6) is 0 Å². The van der Waals surface area contributed by atoms with Gasteiger partial charge in [0.15, 0.2) is 27.2 Å². The van der Waals surface area contributed by atoms with E-state index in [1.165, 1.54) is 12.1 Å². The Morgan fingerprint density at radius 3 is 2.50 bits per heavy atom. The minimum Gasteiger partial charge on any atom is -0.302 e. The molecule has 1 aromatic carbocycles. The maximum absolute atomic E-state index is 12.7. The molecule has 1 atom stereocenters. The first-order chi connectivity index (χ1) is 12.3. The van der Waals surface area contributed by atoms with Crippen LogP contribution in [0, 0.1) is 5.92 Å². The van der Waals surface area contributed by atoms with Gasteiger partial charge in [-0.25, -0.2) is 8.42 Å². The van der Waals surface area contributed by atoms with Gasteiger partial charge < -0.3 is 4.79 Å². The van der Waals surface area contributed by atoms with Crippen molar-refractivity contribution in [3.63, 3.8) is 0 Å². The van der Waals surface area contributed by atoms with Crippen molar-refractivity contribution in [2.24, 2.45) is 5.92 Å². The van der Waals surface area contributed by atoms with Crippen LogP contribution in [0.4, 0.5) is 0 Å². The van der Waals surface area contributed by atoms with Crippen LogP contribution in [0.1, 0.15) is 35.2 Å². The summed E-state index contributed by atoms with van der Waals surface area (Å²) < 4.78 is 24.2. The zero-order chi connectivity index (χ0) is 19.1. The minimum atomic E-state index is -3.66. The zero-order valence-corrected chi connectivity index (χ0v) is 16.0. The molecule has 0 bridgehead atoms. The molecule has 1 heterocycles. The van der Waals surface area contributed by atoms with E-state index in [1.54, 1.807) is 0 Å². The van der Waals surface area contributed by atoms with Gasteiger partial charge >= 0.3 is 0 Å². The Morgan fingerprint density at radius 1 is 1.23 bits per heavy atom. The lowest BCUT2D eigenvalue weighted by Gasteiger charge is -2.19. The van der Waals surface area contributed by atoms with Gasteiger partial charge in [-0.05, 0) is 24.1 Å². The molecular formula is C17H15ClO6S2. The number of carbonyl (C=O) groups excluding carboxylic acids is 4. The highest BCUT2D eigenvalue weighted by Gasteiger charge is 2.42.